The van der Waals surface area contributed by atoms with Crippen LogP contribution >= 0.6 is 23.2 Å². The van der Waals surface area contributed by atoms with Crippen molar-refractivity contribution in [1.82, 2.24) is 10.2 Å². The molecule has 0 aliphatic carbocycles. The van der Waals surface area contributed by atoms with Crippen molar-refractivity contribution in [2.45, 2.75) is 13.1 Å². The highest BCUT2D eigenvalue weighted by Crippen LogP contribution is 2.34. The Morgan fingerprint density at radius 2 is 1.80 bits per heavy atom. The van der Waals surface area contributed by atoms with Crippen molar-refractivity contribution in [3.63, 3.8) is 0 Å². The van der Waals surface area contributed by atoms with Gasteiger partial charge in [0.2, 0.25) is 0 Å². The monoisotopic (exact) mass is 321 g/mol. The molecule has 0 unspecified atom stereocenters. The molecule has 1 N–H and O–H groups in total. The summed E-state index contributed by atoms with van der Waals surface area (Å²) >= 11 is 11.4. The van der Waals surface area contributed by atoms with Crippen molar-refractivity contribution in [3.8, 4) is 0 Å². The molecule has 0 bridgehead atoms. The van der Waals surface area contributed by atoms with E-state index in [2.05, 4.69) is 15.5 Å². The average molecular weight is 322 g/mol. The van der Waals surface area contributed by atoms with Crippen molar-refractivity contribution in [2.75, 3.05) is 5.32 Å². The lowest BCUT2D eigenvalue weighted by Gasteiger charge is -2.13. The third kappa shape index (κ3) is 3.32. The Morgan fingerprint density at radius 3 is 2.45 bits per heavy atom. The Hall–Kier alpha value is -1.53. The van der Waals surface area contributed by atoms with Crippen LogP contribution in [0, 0.1) is 6.92 Å². The summed E-state index contributed by atoms with van der Waals surface area (Å²) in [4.78, 5) is 0. The number of anilines is 2. The molecule has 1 aromatic heterocycles. The average Bonchev–Trinajstić information content (AvgIpc) is 2.35. The molecule has 8 heteroatoms. The van der Waals surface area contributed by atoms with Gasteiger partial charge in [-0.3, -0.25) is 0 Å². The van der Waals surface area contributed by atoms with Gasteiger partial charge >= 0.3 is 6.18 Å². The van der Waals surface area contributed by atoms with Crippen LogP contribution in [0.3, 0.4) is 0 Å². The largest absolute Gasteiger partial charge is 0.416 e. The van der Waals surface area contributed by atoms with Gasteiger partial charge in [-0.05, 0) is 24.6 Å². The van der Waals surface area contributed by atoms with Gasteiger partial charge in [0.25, 0.3) is 0 Å². The van der Waals surface area contributed by atoms with Crippen LogP contribution < -0.4 is 5.32 Å². The van der Waals surface area contributed by atoms with Crippen molar-refractivity contribution in [2.24, 2.45) is 0 Å². The van der Waals surface area contributed by atoms with Crippen molar-refractivity contribution < 1.29 is 13.2 Å². The van der Waals surface area contributed by atoms with Crippen LogP contribution in [0.15, 0.2) is 24.3 Å². The van der Waals surface area contributed by atoms with Crippen LogP contribution in [0.2, 0.25) is 10.3 Å². The van der Waals surface area contributed by atoms with E-state index in [1.165, 1.54) is 25.1 Å². The minimum Gasteiger partial charge on any atom is -0.353 e. The first-order valence-corrected chi connectivity index (χ1v) is 6.16. The smallest absolute Gasteiger partial charge is 0.353 e. The second-order valence-electron chi connectivity index (χ2n) is 4.02. The summed E-state index contributed by atoms with van der Waals surface area (Å²) in [7, 11) is 0. The third-order valence-corrected chi connectivity index (χ3v) is 3.00. The second kappa shape index (κ2) is 5.46. The van der Waals surface area contributed by atoms with Gasteiger partial charge in [0.1, 0.15) is 0 Å². The van der Waals surface area contributed by atoms with Gasteiger partial charge in [0, 0.05) is 11.8 Å². The molecule has 2 rings (SSSR count). The maximum atomic E-state index is 12.8. The van der Waals surface area contributed by atoms with E-state index < -0.39 is 11.7 Å². The number of benzene rings is 1. The lowest BCUT2D eigenvalue weighted by Crippen LogP contribution is -2.08. The highest BCUT2D eigenvalue weighted by Gasteiger charge is 2.32. The fourth-order valence-electron chi connectivity index (χ4n) is 1.60. The number of nitrogens with one attached hydrogen (secondary N) is 1. The molecule has 2 aromatic rings. The summed E-state index contributed by atoms with van der Waals surface area (Å²) in [6.45, 7) is 1.39. The van der Waals surface area contributed by atoms with Gasteiger partial charge < -0.3 is 5.32 Å². The SMILES string of the molecule is Cc1ccc(Nc2cc(Cl)nnc2Cl)cc1C(F)(F)F. The van der Waals surface area contributed by atoms with Gasteiger partial charge in [0.05, 0.1) is 11.3 Å². The van der Waals surface area contributed by atoms with Crippen LogP contribution in [0.5, 0.6) is 0 Å². The maximum absolute atomic E-state index is 12.8. The fourth-order valence-corrected chi connectivity index (χ4v) is 1.89. The number of hydrogen-bond acceptors (Lipinski definition) is 3. The van der Waals surface area contributed by atoms with E-state index in [4.69, 9.17) is 23.2 Å². The molecule has 0 spiro atoms. The molecule has 0 aliphatic rings. The van der Waals surface area contributed by atoms with Crippen molar-refractivity contribution >= 4 is 34.6 Å². The second-order valence-corrected chi connectivity index (χ2v) is 4.77. The van der Waals surface area contributed by atoms with E-state index >= 15 is 0 Å². The van der Waals surface area contributed by atoms with Gasteiger partial charge in [-0.25, -0.2) is 0 Å². The number of aryl methyl sites for hydroxylation is 1. The third-order valence-electron chi connectivity index (χ3n) is 2.54. The van der Waals surface area contributed by atoms with Gasteiger partial charge in [-0.2, -0.15) is 13.2 Å². The summed E-state index contributed by atoms with van der Waals surface area (Å²) in [5.74, 6) is 0. The molecular weight excluding hydrogens is 314 g/mol. The highest BCUT2D eigenvalue weighted by molar-refractivity contribution is 6.33. The standard InChI is InChI=1S/C12H8Cl2F3N3/c1-6-2-3-7(4-8(6)12(15,16)17)18-9-5-10(13)19-20-11(9)14/h2-5H,1H3,(H,18,19). The van der Waals surface area contributed by atoms with E-state index in [1.807, 2.05) is 0 Å². The highest BCUT2D eigenvalue weighted by atomic mass is 35.5. The number of hydrogen-bond donors (Lipinski definition) is 1. The summed E-state index contributed by atoms with van der Waals surface area (Å²) in [5, 5.41) is 9.91. The quantitative estimate of drug-likeness (QED) is 0.858. The van der Waals surface area contributed by atoms with Gasteiger partial charge in [0.15, 0.2) is 10.3 Å². The summed E-state index contributed by atoms with van der Waals surface area (Å²) in [5.41, 5.74) is -0.0655. The van der Waals surface area contributed by atoms with Crippen LogP contribution in [0.1, 0.15) is 11.1 Å². The lowest BCUT2D eigenvalue weighted by molar-refractivity contribution is -0.138. The zero-order valence-corrected chi connectivity index (χ0v) is 11.6. The summed E-state index contributed by atoms with van der Waals surface area (Å²) in [6.07, 6.45) is -4.42. The molecule has 1 heterocycles. The van der Waals surface area contributed by atoms with Crippen LogP contribution in [0.25, 0.3) is 0 Å². The van der Waals surface area contributed by atoms with Crippen LogP contribution in [-0.4, -0.2) is 10.2 Å². The van der Waals surface area contributed by atoms with Crippen molar-refractivity contribution in [3.05, 3.63) is 45.7 Å². The number of rotatable bonds is 2. The summed E-state index contributed by atoms with van der Waals surface area (Å²) < 4.78 is 38.4. The molecule has 0 aliphatic heterocycles. The molecule has 0 amide bonds. The molecule has 0 saturated heterocycles. The molecule has 0 atom stereocenters. The van der Waals surface area contributed by atoms with Crippen LogP contribution in [0.4, 0.5) is 24.5 Å². The Morgan fingerprint density at radius 1 is 1.10 bits per heavy atom. The van der Waals surface area contributed by atoms with E-state index in [9.17, 15) is 13.2 Å². The normalized spacial score (nSPS) is 11.5. The topological polar surface area (TPSA) is 37.8 Å². The molecule has 3 nitrogen and oxygen atoms in total. The first-order valence-electron chi connectivity index (χ1n) is 5.41. The Balaban J connectivity index is 2.37. The lowest BCUT2D eigenvalue weighted by atomic mass is 10.1. The summed E-state index contributed by atoms with van der Waals surface area (Å²) in [6, 6.07) is 5.26. The molecule has 20 heavy (non-hydrogen) atoms. The molecular formula is C12H8Cl2F3N3. The number of alkyl halides is 3. The van der Waals surface area contributed by atoms with E-state index in [-0.39, 0.29) is 27.2 Å². The van der Waals surface area contributed by atoms with Gasteiger partial charge in [-0.1, -0.05) is 29.3 Å². The van der Waals surface area contributed by atoms with E-state index in [0.717, 1.165) is 6.07 Å². The van der Waals surface area contributed by atoms with Gasteiger partial charge in [-0.15, -0.1) is 10.2 Å². The zero-order valence-electron chi connectivity index (χ0n) is 10.1. The maximum Gasteiger partial charge on any atom is 0.416 e. The van der Waals surface area contributed by atoms with E-state index in [0.29, 0.717) is 0 Å². The Labute approximate surface area is 122 Å². The predicted octanol–water partition coefficient (Wildman–Crippen LogP) is 4.85. The molecule has 0 radical (unpaired) electrons. The van der Waals surface area contributed by atoms with E-state index in [1.54, 1.807) is 0 Å². The Kier molecular flexibility index (Phi) is 4.06. The Bertz CT molecular complexity index is 644. The molecule has 0 saturated carbocycles. The fraction of sp³-hybridized carbons (Fsp3) is 0.167. The number of aromatic nitrogens is 2. The molecule has 1 aromatic carbocycles. The zero-order chi connectivity index (χ0) is 14.9. The minimum absolute atomic E-state index is 0.0172. The molecule has 0 fully saturated rings. The first-order chi connectivity index (χ1) is 9.27. The minimum atomic E-state index is -4.42. The number of nitrogens with zero attached hydrogens (tertiary/aromatic N) is 2. The molecule has 106 valence electrons. The first kappa shape index (κ1) is 14.9. The number of halogens is 5. The van der Waals surface area contributed by atoms with Crippen molar-refractivity contribution in [1.29, 1.82) is 0 Å². The van der Waals surface area contributed by atoms with Crippen LogP contribution in [-0.2, 0) is 6.18 Å². The predicted molar refractivity (Wildman–Crippen MR) is 71.5 cm³/mol.